The third kappa shape index (κ3) is 4.76. The molecule has 1 saturated heterocycles. The number of hydrogen-bond acceptors (Lipinski definition) is 4. The molecule has 2 heterocycles. The highest BCUT2D eigenvalue weighted by Crippen LogP contribution is 2.18. The highest BCUT2D eigenvalue weighted by atomic mass is 16.5. The summed E-state index contributed by atoms with van der Waals surface area (Å²) >= 11 is 0. The van der Waals surface area contributed by atoms with Crippen molar-refractivity contribution >= 4 is 11.7 Å². The lowest BCUT2D eigenvalue weighted by Gasteiger charge is -2.12. The molecule has 2 N–H and O–H groups in total. The van der Waals surface area contributed by atoms with Gasteiger partial charge >= 0.3 is 6.03 Å². The molecule has 0 radical (unpaired) electrons. The van der Waals surface area contributed by atoms with E-state index in [0.29, 0.717) is 18.8 Å². The smallest absolute Gasteiger partial charge is 0.319 e. The zero-order chi connectivity index (χ0) is 16.8. The first-order chi connectivity index (χ1) is 11.7. The van der Waals surface area contributed by atoms with E-state index in [-0.39, 0.29) is 12.1 Å². The Morgan fingerprint density at radius 2 is 2.08 bits per heavy atom. The van der Waals surface area contributed by atoms with Crippen LogP contribution in [-0.2, 0) is 11.3 Å². The molecule has 2 amide bonds. The summed E-state index contributed by atoms with van der Waals surface area (Å²) < 4.78 is 16.6. The molecule has 1 aliphatic rings. The summed E-state index contributed by atoms with van der Waals surface area (Å²) in [6, 6.07) is 10.7. The molecule has 1 aromatic heterocycles. The second-order valence-corrected chi connectivity index (χ2v) is 5.79. The monoisotopic (exact) mass is 330 g/mol. The minimum atomic E-state index is -0.280. The van der Waals surface area contributed by atoms with Gasteiger partial charge in [-0.1, -0.05) is 0 Å². The van der Waals surface area contributed by atoms with Gasteiger partial charge in [0.05, 0.1) is 12.6 Å². The number of furan rings is 1. The number of benzene rings is 1. The maximum absolute atomic E-state index is 11.9. The number of carbonyl (C=O) groups excluding carboxylic acids is 1. The SMILES string of the molecule is Cc1ccc(CNC(=O)Nc2ccc(OC[C@H]3CCCO3)cc2)o1. The van der Waals surface area contributed by atoms with Crippen LogP contribution in [0.3, 0.4) is 0 Å². The van der Waals surface area contributed by atoms with Gasteiger partial charge in [0.25, 0.3) is 0 Å². The fraction of sp³-hybridized carbons (Fsp3) is 0.389. The molecule has 6 heteroatoms. The number of amides is 2. The van der Waals surface area contributed by atoms with Crippen LogP contribution in [-0.4, -0.2) is 25.3 Å². The number of hydrogen-bond donors (Lipinski definition) is 2. The Morgan fingerprint density at radius 1 is 1.25 bits per heavy atom. The van der Waals surface area contributed by atoms with Gasteiger partial charge in [-0.15, -0.1) is 0 Å². The summed E-state index contributed by atoms with van der Waals surface area (Å²) in [4.78, 5) is 11.9. The largest absolute Gasteiger partial charge is 0.491 e. The van der Waals surface area contributed by atoms with Crippen LogP contribution in [0.5, 0.6) is 5.75 Å². The summed E-state index contributed by atoms with van der Waals surface area (Å²) in [5, 5.41) is 5.52. The Bertz CT molecular complexity index is 660. The molecule has 1 aliphatic heterocycles. The lowest BCUT2D eigenvalue weighted by Crippen LogP contribution is -2.27. The highest BCUT2D eigenvalue weighted by molar-refractivity contribution is 5.89. The van der Waals surface area contributed by atoms with E-state index in [1.54, 1.807) is 0 Å². The van der Waals surface area contributed by atoms with Crippen molar-refractivity contribution in [3.05, 3.63) is 47.9 Å². The number of carbonyl (C=O) groups is 1. The molecule has 2 aromatic rings. The van der Waals surface area contributed by atoms with Crippen molar-refractivity contribution in [2.24, 2.45) is 0 Å². The van der Waals surface area contributed by atoms with Crippen LogP contribution in [0.4, 0.5) is 10.5 Å². The predicted molar refractivity (Wildman–Crippen MR) is 90.2 cm³/mol. The summed E-state index contributed by atoms with van der Waals surface area (Å²) in [7, 11) is 0. The lowest BCUT2D eigenvalue weighted by atomic mass is 10.2. The summed E-state index contributed by atoms with van der Waals surface area (Å²) in [6.45, 7) is 3.60. The molecule has 0 bridgehead atoms. The summed E-state index contributed by atoms with van der Waals surface area (Å²) in [6.07, 6.45) is 2.34. The van der Waals surface area contributed by atoms with Crippen LogP contribution in [0.1, 0.15) is 24.4 Å². The molecule has 0 aliphatic carbocycles. The fourth-order valence-electron chi connectivity index (χ4n) is 2.52. The molecule has 6 nitrogen and oxygen atoms in total. The van der Waals surface area contributed by atoms with Gasteiger partial charge in [0.1, 0.15) is 23.9 Å². The van der Waals surface area contributed by atoms with E-state index in [2.05, 4.69) is 10.6 Å². The van der Waals surface area contributed by atoms with Gasteiger partial charge in [0.2, 0.25) is 0 Å². The molecule has 1 atom stereocenters. The van der Waals surface area contributed by atoms with Crippen molar-refractivity contribution in [2.45, 2.75) is 32.4 Å². The number of nitrogens with one attached hydrogen (secondary N) is 2. The highest BCUT2D eigenvalue weighted by Gasteiger charge is 2.15. The maximum atomic E-state index is 11.9. The molecule has 3 rings (SSSR count). The Hall–Kier alpha value is -2.47. The second-order valence-electron chi connectivity index (χ2n) is 5.79. The normalized spacial score (nSPS) is 16.8. The molecule has 0 unspecified atom stereocenters. The predicted octanol–water partition coefficient (Wildman–Crippen LogP) is 3.47. The Morgan fingerprint density at radius 3 is 2.75 bits per heavy atom. The molecule has 24 heavy (non-hydrogen) atoms. The zero-order valence-electron chi connectivity index (χ0n) is 13.7. The number of rotatable bonds is 6. The average Bonchev–Trinajstić information content (AvgIpc) is 3.24. The molecular weight excluding hydrogens is 308 g/mol. The zero-order valence-corrected chi connectivity index (χ0v) is 13.7. The van der Waals surface area contributed by atoms with Gasteiger partial charge < -0.3 is 24.5 Å². The van der Waals surface area contributed by atoms with Crippen molar-refractivity contribution < 1.29 is 18.7 Å². The Labute approximate surface area is 141 Å². The van der Waals surface area contributed by atoms with Gasteiger partial charge in [-0.05, 0) is 56.2 Å². The van der Waals surface area contributed by atoms with E-state index >= 15 is 0 Å². The van der Waals surface area contributed by atoms with E-state index < -0.39 is 0 Å². The molecule has 1 aromatic carbocycles. The quantitative estimate of drug-likeness (QED) is 0.850. The van der Waals surface area contributed by atoms with Gasteiger partial charge in [-0.2, -0.15) is 0 Å². The maximum Gasteiger partial charge on any atom is 0.319 e. The Balaban J connectivity index is 1.42. The van der Waals surface area contributed by atoms with E-state index in [0.717, 1.165) is 36.7 Å². The second kappa shape index (κ2) is 7.88. The minimum absolute atomic E-state index is 0.193. The van der Waals surface area contributed by atoms with Gasteiger partial charge in [-0.25, -0.2) is 4.79 Å². The minimum Gasteiger partial charge on any atom is -0.491 e. The van der Waals surface area contributed by atoms with Crippen LogP contribution in [0.2, 0.25) is 0 Å². The first-order valence-corrected chi connectivity index (χ1v) is 8.14. The van der Waals surface area contributed by atoms with E-state index in [9.17, 15) is 4.79 Å². The number of ether oxygens (including phenoxy) is 2. The fourth-order valence-corrected chi connectivity index (χ4v) is 2.52. The van der Waals surface area contributed by atoms with Crippen molar-refractivity contribution in [3.63, 3.8) is 0 Å². The van der Waals surface area contributed by atoms with Crippen molar-refractivity contribution in [3.8, 4) is 5.75 Å². The number of aryl methyl sites for hydroxylation is 1. The molecule has 128 valence electrons. The van der Waals surface area contributed by atoms with Gasteiger partial charge in [-0.3, -0.25) is 0 Å². The number of anilines is 1. The molecule has 1 fully saturated rings. The lowest BCUT2D eigenvalue weighted by molar-refractivity contribution is 0.0679. The standard InChI is InChI=1S/C18H22N2O4/c1-13-4-7-16(24-13)11-19-18(21)20-14-5-8-15(9-6-14)23-12-17-3-2-10-22-17/h4-9,17H,2-3,10-12H2,1H3,(H2,19,20,21)/t17-/m1/s1. The van der Waals surface area contributed by atoms with Crippen molar-refractivity contribution in [1.29, 1.82) is 0 Å². The van der Waals surface area contributed by atoms with Crippen molar-refractivity contribution in [1.82, 2.24) is 5.32 Å². The van der Waals surface area contributed by atoms with Crippen LogP contribution in [0, 0.1) is 6.92 Å². The van der Waals surface area contributed by atoms with Crippen LogP contribution < -0.4 is 15.4 Å². The molecule has 0 saturated carbocycles. The first kappa shape index (κ1) is 16.4. The van der Waals surface area contributed by atoms with Crippen LogP contribution >= 0.6 is 0 Å². The molecule has 0 spiro atoms. The van der Waals surface area contributed by atoms with Gasteiger partial charge in [0.15, 0.2) is 0 Å². The third-order valence-electron chi connectivity index (χ3n) is 3.79. The summed E-state index contributed by atoms with van der Waals surface area (Å²) in [5.74, 6) is 2.31. The summed E-state index contributed by atoms with van der Waals surface area (Å²) in [5.41, 5.74) is 0.701. The topological polar surface area (TPSA) is 72.7 Å². The average molecular weight is 330 g/mol. The molecular formula is C18H22N2O4. The first-order valence-electron chi connectivity index (χ1n) is 8.14. The van der Waals surface area contributed by atoms with E-state index in [1.807, 2.05) is 43.3 Å². The van der Waals surface area contributed by atoms with Crippen molar-refractivity contribution in [2.75, 3.05) is 18.5 Å². The van der Waals surface area contributed by atoms with Crippen LogP contribution in [0.25, 0.3) is 0 Å². The number of urea groups is 1. The van der Waals surface area contributed by atoms with E-state index in [4.69, 9.17) is 13.9 Å². The van der Waals surface area contributed by atoms with Gasteiger partial charge in [0, 0.05) is 12.3 Å². The van der Waals surface area contributed by atoms with E-state index in [1.165, 1.54) is 0 Å². The van der Waals surface area contributed by atoms with Crippen LogP contribution in [0.15, 0.2) is 40.8 Å². The third-order valence-corrected chi connectivity index (χ3v) is 3.79. The Kier molecular flexibility index (Phi) is 5.38.